The van der Waals surface area contributed by atoms with E-state index in [0.29, 0.717) is 32.1 Å². The lowest BCUT2D eigenvalue weighted by molar-refractivity contribution is -0.135. The van der Waals surface area contributed by atoms with E-state index in [0.717, 1.165) is 10.4 Å². The zero-order chi connectivity index (χ0) is 14.7. The molecule has 0 spiro atoms. The van der Waals surface area contributed by atoms with Crippen LogP contribution in [0.25, 0.3) is 0 Å². The molecule has 0 unspecified atom stereocenters. The van der Waals surface area contributed by atoms with Gasteiger partial charge in [0.15, 0.2) is 0 Å². The summed E-state index contributed by atoms with van der Waals surface area (Å²) in [5.74, 6) is 0.119. The van der Waals surface area contributed by atoms with Crippen molar-refractivity contribution in [2.75, 3.05) is 32.8 Å². The first kappa shape index (κ1) is 15.0. The second-order valence-corrected chi connectivity index (χ2v) is 6.11. The molecule has 1 aliphatic heterocycles. The summed E-state index contributed by atoms with van der Waals surface area (Å²) in [6.45, 7) is 5.74. The van der Waals surface area contributed by atoms with Gasteiger partial charge >= 0.3 is 0 Å². The van der Waals surface area contributed by atoms with Crippen LogP contribution in [0.4, 0.5) is 0 Å². The average Bonchev–Trinajstić information content (AvgIpc) is 2.95. The number of thiophene rings is 1. The van der Waals surface area contributed by atoms with Crippen LogP contribution in [0.3, 0.4) is 0 Å². The molecule has 20 heavy (non-hydrogen) atoms. The van der Waals surface area contributed by atoms with Crippen molar-refractivity contribution < 1.29 is 14.7 Å². The van der Waals surface area contributed by atoms with Gasteiger partial charge in [-0.25, -0.2) is 0 Å². The van der Waals surface area contributed by atoms with E-state index in [9.17, 15) is 9.59 Å². The predicted octanol–water partition coefficient (Wildman–Crippen LogP) is 1.15. The van der Waals surface area contributed by atoms with E-state index < -0.39 is 6.61 Å². The summed E-state index contributed by atoms with van der Waals surface area (Å²) in [6.07, 6.45) is 0. The third-order valence-corrected chi connectivity index (χ3v) is 4.48. The van der Waals surface area contributed by atoms with Gasteiger partial charge in [0.05, 0.1) is 4.88 Å². The monoisotopic (exact) mass is 296 g/mol. The maximum absolute atomic E-state index is 12.5. The molecule has 1 aromatic heterocycles. The maximum Gasteiger partial charge on any atom is 0.264 e. The summed E-state index contributed by atoms with van der Waals surface area (Å²) in [5, 5.41) is 10.8. The lowest BCUT2D eigenvalue weighted by Gasteiger charge is -2.34. The van der Waals surface area contributed by atoms with Crippen molar-refractivity contribution in [2.24, 2.45) is 0 Å². The van der Waals surface area contributed by atoms with Crippen molar-refractivity contribution in [3.8, 4) is 0 Å². The number of carbonyl (C=O) groups is 2. The molecule has 0 aromatic carbocycles. The Kier molecular flexibility index (Phi) is 4.77. The second kappa shape index (κ2) is 6.37. The molecule has 1 aliphatic rings. The van der Waals surface area contributed by atoms with Crippen LogP contribution in [0.1, 0.15) is 35.0 Å². The topological polar surface area (TPSA) is 60.9 Å². The zero-order valence-electron chi connectivity index (χ0n) is 11.8. The van der Waals surface area contributed by atoms with E-state index in [4.69, 9.17) is 5.11 Å². The minimum Gasteiger partial charge on any atom is -0.387 e. The molecule has 1 fully saturated rings. The lowest BCUT2D eigenvalue weighted by Crippen LogP contribution is -2.51. The smallest absolute Gasteiger partial charge is 0.264 e. The number of aliphatic hydroxyl groups excluding tert-OH is 1. The van der Waals surface area contributed by atoms with Crippen molar-refractivity contribution in [1.82, 2.24) is 9.80 Å². The Bertz CT molecular complexity index is 490. The molecule has 0 saturated carbocycles. The molecule has 0 radical (unpaired) electrons. The fraction of sp³-hybridized carbons (Fsp3) is 0.571. The summed E-state index contributed by atoms with van der Waals surface area (Å²) in [7, 11) is 0. The van der Waals surface area contributed by atoms with Gasteiger partial charge < -0.3 is 14.9 Å². The highest BCUT2D eigenvalue weighted by molar-refractivity contribution is 7.12. The van der Waals surface area contributed by atoms with Gasteiger partial charge in [0.1, 0.15) is 6.61 Å². The van der Waals surface area contributed by atoms with Crippen molar-refractivity contribution in [1.29, 1.82) is 0 Å². The van der Waals surface area contributed by atoms with Crippen LogP contribution < -0.4 is 0 Å². The molecule has 2 rings (SSSR count). The molecule has 110 valence electrons. The average molecular weight is 296 g/mol. The standard InChI is InChI=1S/C14H20N2O3S/c1-10(2)11-3-8-20-13(11)14(19)16-6-4-15(5-7-16)12(18)9-17/h3,8,10,17H,4-7,9H2,1-2H3. The Morgan fingerprint density at radius 1 is 1.25 bits per heavy atom. The molecule has 1 N–H and O–H groups in total. The molecule has 0 atom stereocenters. The van der Waals surface area contributed by atoms with E-state index in [-0.39, 0.29) is 11.8 Å². The highest BCUT2D eigenvalue weighted by Crippen LogP contribution is 2.26. The summed E-state index contributed by atoms with van der Waals surface area (Å²) >= 11 is 1.48. The largest absolute Gasteiger partial charge is 0.387 e. The molecule has 1 aromatic rings. The molecule has 6 heteroatoms. The van der Waals surface area contributed by atoms with Gasteiger partial charge in [0, 0.05) is 26.2 Å². The van der Waals surface area contributed by atoms with Gasteiger partial charge in [-0.05, 0) is 22.9 Å². The van der Waals surface area contributed by atoms with Gasteiger partial charge in [0.25, 0.3) is 5.91 Å². The molecule has 1 saturated heterocycles. The van der Waals surface area contributed by atoms with Crippen LogP contribution >= 0.6 is 11.3 Å². The highest BCUT2D eigenvalue weighted by atomic mass is 32.1. The van der Waals surface area contributed by atoms with Gasteiger partial charge in [-0.1, -0.05) is 13.8 Å². The summed E-state index contributed by atoms with van der Waals surface area (Å²) in [4.78, 5) is 28.1. The molecule has 0 aliphatic carbocycles. The third kappa shape index (κ3) is 3.02. The Morgan fingerprint density at radius 2 is 1.85 bits per heavy atom. The molecule has 2 amide bonds. The van der Waals surface area contributed by atoms with E-state index in [1.807, 2.05) is 11.4 Å². The van der Waals surface area contributed by atoms with Gasteiger partial charge in [-0.15, -0.1) is 11.3 Å². The van der Waals surface area contributed by atoms with E-state index >= 15 is 0 Å². The van der Waals surface area contributed by atoms with E-state index in [1.165, 1.54) is 11.3 Å². The first-order valence-electron chi connectivity index (χ1n) is 6.80. The quantitative estimate of drug-likeness (QED) is 0.910. The Hall–Kier alpha value is -1.40. The summed E-state index contributed by atoms with van der Waals surface area (Å²) in [5.41, 5.74) is 1.09. The summed E-state index contributed by atoms with van der Waals surface area (Å²) < 4.78 is 0. The van der Waals surface area contributed by atoms with Crippen LogP contribution in [0, 0.1) is 0 Å². The molecule has 5 nitrogen and oxygen atoms in total. The fourth-order valence-corrected chi connectivity index (χ4v) is 3.37. The van der Waals surface area contributed by atoms with Crippen molar-refractivity contribution in [3.05, 3.63) is 21.9 Å². The molecular formula is C14H20N2O3S. The predicted molar refractivity (Wildman–Crippen MR) is 78.0 cm³/mol. The molecule has 2 heterocycles. The van der Waals surface area contributed by atoms with Gasteiger partial charge in [-0.2, -0.15) is 0 Å². The number of nitrogens with zero attached hydrogens (tertiary/aromatic N) is 2. The van der Waals surface area contributed by atoms with Crippen LogP contribution in [0.15, 0.2) is 11.4 Å². The number of rotatable bonds is 3. The number of amides is 2. The second-order valence-electron chi connectivity index (χ2n) is 5.19. The maximum atomic E-state index is 12.5. The number of hydrogen-bond donors (Lipinski definition) is 1. The number of carbonyl (C=O) groups excluding carboxylic acids is 2. The van der Waals surface area contributed by atoms with E-state index in [1.54, 1.807) is 9.80 Å². The van der Waals surface area contributed by atoms with Crippen LogP contribution in [-0.2, 0) is 4.79 Å². The number of aliphatic hydroxyl groups is 1. The highest BCUT2D eigenvalue weighted by Gasteiger charge is 2.26. The minimum absolute atomic E-state index is 0.0554. The third-order valence-electron chi connectivity index (χ3n) is 3.57. The van der Waals surface area contributed by atoms with Crippen molar-refractivity contribution in [3.63, 3.8) is 0 Å². The van der Waals surface area contributed by atoms with Crippen LogP contribution in [0.2, 0.25) is 0 Å². The van der Waals surface area contributed by atoms with Crippen LogP contribution in [-0.4, -0.2) is 59.5 Å². The Labute approximate surface area is 122 Å². The van der Waals surface area contributed by atoms with Crippen molar-refractivity contribution >= 4 is 23.2 Å². The first-order chi connectivity index (χ1) is 9.54. The molecular weight excluding hydrogens is 276 g/mol. The Morgan fingerprint density at radius 3 is 2.40 bits per heavy atom. The van der Waals surface area contributed by atoms with Crippen LogP contribution in [0.5, 0.6) is 0 Å². The molecule has 0 bridgehead atoms. The number of piperazine rings is 1. The minimum atomic E-state index is -0.462. The first-order valence-corrected chi connectivity index (χ1v) is 7.68. The summed E-state index contributed by atoms with van der Waals surface area (Å²) in [6, 6.07) is 2.01. The SMILES string of the molecule is CC(C)c1ccsc1C(=O)N1CCN(C(=O)CO)CC1. The normalized spacial score (nSPS) is 15.8. The van der Waals surface area contributed by atoms with Gasteiger partial charge in [-0.3, -0.25) is 9.59 Å². The zero-order valence-corrected chi connectivity index (χ0v) is 12.7. The lowest BCUT2D eigenvalue weighted by atomic mass is 10.0. The van der Waals surface area contributed by atoms with E-state index in [2.05, 4.69) is 13.8 Å². The van der Waals surface area contributed by atoms with Gasteiger partial charge in [0.2, 0.25) is 5.91 Å². The number of hydrogen-bond acceptors (Lipinski definition) is 4. The Balaban J connectivity index is 2.02. The fourth-order valence-electron chi connectivity index (χ4n) is 2.35. The van der Waals surface area contributed by atoms with Crippen molar-refractivity contribution in [2.45, 2.75) is 19.8 Å².